The molecule has 2 rings (SSSR count). The van der Waals surface area contributed by atoms with Gasteiger partial charge in [0.1, 0.15) is 0 Å². The van der Waals surface area contributed by atoms with Crippen molar-refractivity contribution in [2.45, 2.75) is 0 Å². The normalized spacial score (nSPS) is 10.0. The van der Waals surface area contributed by atoms with E-state index in [1.165, 1.54) is 18.2 Å². The number of carbonyl (C=O) groups is 2. The minimum absolute atomic E-state index is 0.0181. The molecule has 10 heteroatoms. The Hall–Kier alpha value is -2.84. The number of ether oxygens (including phenoxy) is 1. The fourth-order valence-electron chi connectivity index (χ4n) is 1.75. The molecule has 130 valence electrons. The number of hydrogen-bond acceptors (Lipinski definition) is 5. The van der Waals surface area contributed by atoms with Crippen molar-refractivity contribution in [3.05, 3.63) is 68.2 Å². The molecule has 2 aromatic carbocycles. The lowest BCUT2D eigenvalue weighted by atomic mass is 10.2. The van der Waals surface area contributed by atoms with Gasteiger partial charge in [-0.3, -0.25) is 30.6 Å². The van der Waals surface area contributed by atoms with Crippen LogP contribution in [0.4, 0.5) is 5.69 Å². The van der Waals surface area contributed by atoms with Crippen LogP contribution >= 0.6 is 23.2 Å². The first-order valence-corrected chi connectivity index (χ1v) is 7.54. The summed E-state index contributed by atoms with van der Waals surface area (Å²) in [4.78, 5) is 33.6. The summed E-state index contributed by atoms with van der Waals surface area (Å²) in [7, 11) is 0. The quantitative estimate of drug-likeness (QED) is 0.608. The highest BCUT2D eigenvalue weighted by atomic mass is 35.5. The van der Waals surface area contributed by atoms with E-state index in [9.17, 15) is 19.7 Å². The Morgan fingerprint density at radius 1 is 1.08 bits per heavy atom. The third kappa shape index (κ3) is 5.07. The van der Waals surface area contributed by atoms with Crippen molar-refractivity contribution >= 4 is 40.7 Å². The number of carbonyl (C=O) groups excluding carboxylic acids is 2. The van der Waals surface area contributed by atoms with Crippen LogP contribution in [0, 0.1) is 10.1 Å². The molecule has 0 heterocycles. The summed E-state index contributed by atoms with van der Waals surface area (Å²) in [5.74, 6) is -1.24. The van der Waals surface area contributed by atoms with E-state index in [1.807, 2.05) is 0 Å². The summed E-state index contributed by atoms with van der Waals surface area (Å²) in [6.45, 7) is -0.446. The molecule has 0 atom stereocenters. The Balaban J connectivity index is 1.88. The fourth-order valence-corrected chi connectivity index (χ4v) is 2.26. The first-order valence-electron chi connectivity index (χ1n) is 6.79. The number of benzene rings is 2. The molecule has 0 saturated carbocycles. The van der Waals surface area contributed by atoms with E-state index in [4.69, 9.17) is 27.9 Å². The Morgan fingerprint density at radius 3 is 2.36 bits per heavy atom. The molecule has 2 aromatic rings. The van der Waals surface area contributed by atoms with Gasteiger partial charge in [0.25, 0.3) is 17.5 Å². The molecule has 25 heavy (non-hydrogen) atoms. The van der Waals surface area contributed by atoms with E-state index < -0.39 is 23.3 Å². The Morgan fingerprint density at radius 2 is 1.72 bits per heavy atom. The van der Waals surface area contributed by atoms with Crippen LogP contribution in [0.2, 0.25) is 10.0 Å². The maximum absolute atomic E-state index is 11.9. The summed E-state index contributed by atoms with van der Waals surface area (Å²) >= 11 is 11.8. The van der Waals surface area contributed by atoms with Gasteiger partial charge < -0.3 is 4.74 Å². The molecule has 0 saturated heterocycles. The van der Waals surface area contributed by atoms with E-state index in [1.54, 1.807) is 18.2 Å². The SMILES string of the molecule is O=C(COc1c(Cl)cccc1Cl)NNC(=O)c1cccc([N+](=O)[O-])c1. The number of rotatable bonds is 5. The van der Waals surface area contributed by atoms with Crippen molar-refractivity contribution in [1.82, 2.24) is 10.9 Å². The Kier molecular flexibility index (Phi) is 6.15. The van der Waals surface area contributed by atoms with Crippen LogP contribution in [-0.4, -0.2) is 23.3 Å². The number of nitro groups is 1. The lowest BCUT2D eigenvalue weighted by Gasteiger charge is -2.10. The highest BCUT2D eigenvalue weighted by molar-refractivity contribution is 6.37. The van der Waals surface area contributed by atoms with Crippen molar-refractivity contribution < 1.29 is 19.2 Å². The molecule has 0 radical (unpaired) electrons. The average Bonchev–Trinajstić information content (AvgIpc) is 2.59. The number of halogens is 2. The largest absolute Gasteiger partial charge is 0.481 e. The van der Waals surface area contributed by atoms with Gasteiger partial charge in [-0.15, -0.1) is 0 Å². The molecule has 0 aliphatic carbocycles. The van der Waals surface area contributed by atoms with E-state index in [-0.39, 0.29) is 27.0 Å². The van der Waals surface area contributed by atoms with Crippen LogP contribution in [0.5, 0.6) is 5.75 Å². The predicted molar refractivity (Wildman–Crippen MR) is 90.7 cm³/mol. The van der Waals surface area contributed by atoms with Crippen LogP contribution in [0.15, 0.2) is 42.5 Å². The molecule has 0 aliphatic rings. The summed E-state index contributed by atoms with van der Waals surface area (Å²) in [6.07, 6.45) is 0. The molecule has 0 fully saturated rings. The molecule has 8 nitrogen and oxygen atoms in total. The van der Waals surface area contributed by atoms with Gasteiger partial charge in [-0.1, -0.05) is 35.3 Å². The molecule has 0 bridgehead atoms. The molecule has 0 unspecified atom stereocenters. The van der Waals surface area contributed by atoms with Crippen LogP contribution in [0.1, 0.15) is 10.4 Å². The maximum atomic E-state index is 11.9. The first-order chi connectivity index (χ1) is 11.9. The molecule has 0 aliphatic heterocycles. The van der Waals surface area contributed by atoms with Gasteiger partial charge in [0.15, 0.2) is 12.4 Å². The smallest absolute Gasteiger partial charge is 0.276 e. The second-order valence-corrected chi connectivity index (χ2v) is 5.46. The first kappa shape index (κ1) is 18.5. The van der Waals surface area contributed by atoms with Crippen molar-refractivity contribution in [1.29, 1.82) is 0 Å². The van der Waals surface area contributed by atoms with E-state index >= 15 is 0 Å². The molecule has 0 spiro atoms. The number of para-hydroxylation sites is 1. The molecule has 0 aromatic heterocycles. The van der Waals surface area contributed by atoms with E-state index in [2.05, 4.69) is 10.9 Å². The van der Waals surface area contributed by atoms with Gasteiger partial charge in [0.2, 0.25) is 0 Å². The number of nitro benzene ring substituents is 1. The van der Waals surface area contributed by atoms with Gasteiger partial charge in [0.05, 0.1) is 15.0 Å². The summed E-state index contributed by atoms with van der Waals surface area (Å²) in [5, 5.41) is 11.2. The maximum Gasteiger partial charge on any atom is 0.276 e. The van der Waals surface area contributed by atoms with Gasteiger partial charge in [-0.05, 0) is 18.2 Å². The third-order valence-electron chi connectivity index (χ3n) is 2.90. The fraction of sp³-hybridized carbons (Fsp3) is 0.0667. The minimum Gasteiger partial charge on any atom is -0.481 e. The number of hydrazine groups is 1. The van der Waals surface area contributed by atoms with Crippen LogP contribution in [-0.2, 0) is 4.79 Å². The lowest BCUT2D eigenvalue weighted by molar-refractivity contribution is -0.384. The number of non-ortho nitro benzene ring substituents is 1. The van der Waals surface area contributed by atoms with Crippen molar-refractivity contribution in [3.63, 3.8) is 0 Å². The third-order valence-corrected chi connectivity index (χ3v) is 3.50. The molecular formula is C15H11Cl2N3O5. The Labute approximate surface area is 151 Å². The molecule has 2 amide bonds. The second kappa shape index (κ2) is 8.32. The number of amides is 2. The number of nitrogens with one attached hydrogen (secondary N) is 2. The van der Waals surface area contributed by atoms with Gasteiger partial charge in [-0.25, -0.2) is 0 Å². The predicted octanol–water partition coefficient (Wildman–Crippen LogP) is 2.74. The van der Waals surface area contributed by atoms with Crippen LogP contribution in [0.25, 0.3) is 0 Å². The Bertz CT molecular complexity index is 808. The zero-order chi connectivity index (χ0) is 18.4. The van der Waals surface area contributed by atoms with Gasteiger partial charge in [0, 0.05) is 17.7 Å². The molecule has 2 N–H and O–H groups in total. The highest BCUT2D eigenvalue weighted by Gasteiger charge is 2.13. The number of hydrogen-bond donors (Lipinski definition) is 2. The van der Waals surface area contributed by atoms with Crippen LogP contribution in [0.3, 0.4) is 0 Å². The summed E-state index contributed by atoms with van der Waals surface area (Å²) in [5.41, 5.74) is 4.02. The topological polar surface area (TPSA) is 111 Å². The zero-order valence-corrected chi connectivity index (χ0v) is 14.0. The standard InChI is InChI=1S/C15H11Cl2N3O5/c16-11-5-2-6-12(17)14(11)25-8-13(21)18-19-15(22)9-3-1-4-10(7-9)20(23)24/h1-7H,8H2,(H,18,21)(H,19,22). The summed E-state index contributed by atoms with van der Waals surface area (Å²) < 4.78 is 5.20. The second-order valence-electron chi connectivity index (χ2n) is 4.65. The van der Waals surface area contributed by atoms with Crippen LogP contribution < -0.4 is 15.6 Å². The van der Waals surface area contributed by atoms with Crippen molar-refractivity contribution in [2.75, 3.05) is 6.61 Å². The lowest BCUT2D eigenvalue weighted by Crippen LogP contribution is -2.43. The highest BCUT2D eigenvalue weighted by Crippen LogP contribution is 2.32. The monoisotopic (exact) mass is 383 g/mol. The van der Waals surface area contributed by atoms with E-state index in [0.29, 0.717) is 0 Å². The van der Waals surface area contributed by atoms with Gasteiger partial charge >= 0.3 is 0 Å². The van der Waals surface area contributed by atoms with Gasteiger partial charge in [-0.2, -0.15) is 0 Å². The minimum atomic E-state index is -0.715. The summed E-state index contributed by atoms with van der Waals surface area (Å²) in [6, 6.07) is 9.77. The van der Waals surface area contributed by atoms with Crippen molar-refractivity contribution in [2.24, 2.45) is 0 Å². The average molecular weight is 384 g/mol. The zero-order valence-electron chi connectivity index (χ0n) is 12.5. The van der Waals surface area contributed by atoms with E-state index in [0.717, 1.165) is 6.07 Å². The van der Waals surface area contributed by atoms with Crippen molar-refractivity contribution in [3.8, 4) is 5.75 Å². The number of nitrogens with zero attached hydrogens (tertiary/aromatic N) is 1. The molecular weight excluding hydrogens is 373 g/mol.